The normalized spacial score (nSPS) is 18.0. The summed E-state index contributed by atoms with van der Waals surface area (Å²) < 4.78 is 10.3. The highest BCUT2D eigenvalue weighted by Crippen LogP contribution is 2.36. The third kappa shape index (κ3) is 4.26. The van der Waals surface area contributed by atoms with Crippen LogP contribution in [0.25, 0.3) is 0 Å². The first-order valence-corrected chi connectivity index (χ1v) is 9.08. The molecule has 7 heteroatoms. The highest BCUT2D eigenvalue weighted by molar-refractivity contribution is 6.39. The molecule has 2 aromatic carbocycles. The van der Waals surface area contributed by atoms with Crippen LogP contribution >= 0.6 is 0 Å². The zero-order valence-electron chi connectivity index (χ0n) is 16.0. The maximum atomic E-state index is 12.2. The van der Waals surface area contributed by atoms with Gasteiger partial charge in [-0.3, -0.25) is 9.59 Å². The fraction of sp³-hybridized carbons (Fsp3) is 0.333. The number of aliphatic hydroxyl groups is 1. The van der Waals surface area contributed by atoms with E-state index in [4.69, 9.17) is 9.47 Å². The summed E-state index contributed by atoms with van der Waals surface area (Å²) in [6.45, 7) is -0.0449. The minimum absolute atomic E-state index is 0.0449. The van der Waals surface area contributed by atoms with Crippen molar-refractivity contribution in [1.29, 1.82) is 0 Å². The average Bonchev–Trinajstić information content (AvgIpc) is 2.72. The first-order valence-electron chi connectivity index (χ1n) is 9.08. The maximum absolute atomic E-state index is 12.2. The van der Waals surface area contributed by atoms with Gasteiger partial charge in [-0.1, -0.05) is 12.1 Å². The molecule has 0 radical (unpaired) electrons. The summed E-state index contributed by atoms with van der Waals surface area (Å²) in [5.41, 5.74) is 0.982. The monoisotopic (exact) mass is 384 g/mol. The summed E-state index contributed by atoms with van der Waals surface area (Å²) >= 11 is 0. The number of fused-ring (bicyclic) bond motifs is 1. The van der Waals surface area contributed by atoms with Crippen molar-refractivity contribution in [2.75, 3.05) is 26.1 Å². The van der Waals surface area contributed by atoms with E-state index in [1.165, 1.54) is 7.11 Å². The molecule has 0 bridgehead atoms. The Labute approximate surface area is 163 Å². The van der Waals surface area contributed by atoms with Crippen LogP contribution in [0.5, 0.6) is 11.5 Å². The second-order valence-electron chi connectivity index (χ2n) is 6.78. The number of carbonyl (C=O) groups excluding carboxylic acids is 2. The van der Waals surface area contributed by atoms with Gasteiger partial charge in [0.05, 0.1) is 20.8 Å². The van der Waals surface area contributed by atoms with E-state index < -0.39 is 17.4 Å². The van der Waals surface area contributed by atoms with Gasteiger partial charge in [0.1, 0.15) is 17.1 Å². The molecule has 28 heavy (non-hydrogen) atoms. The molecular weight excluding hydrogens is 360 g/mol. The van der Waals surface area contributed by atoms with Gasteiger partial charge in [0.2, 0.25) is 0 Å². The molecule has 2 aromatic rings. The number of ether oxygens (including phenoxy) is 2. The molecule has 7 nitrogen and oxygen atoms in total. The number of hydrogen-bond donors (Lipinski definition) is 3. The van der Waals surface area contributed by atoms with E-state index in [-0.39, 0.29) is 6.54 Å². The lowest BCUT2D eigenvalue weighted by atomic mass is 9.79. The van der Waals surface area contributed by atoms with E-state index in [1.807, 2.05) is 12.1 Å². The number of aryl methyl sites for hydroxylation is 1. The Hall–Kier alpha value is -3.06. The van der Waals surface area contributed by atoms with Crippen molar-refractivity contribution in [3.05, 3.63) is 53.6 Å². The lowest BCUT2D eigenvalue weighted by molar-refractivity contribution is -0.137. The van der Waals surface area contributed by atoms with Gasteiger partial charge in [-0.15, -0.1) is 0 Å². The SMILES string of the molecule is COc1cccc(NC(=O)C(=O)NCC2(O)CCCc3cc(OC)ccc32)c1. The van der Waals surface area contributed by atoms with Crippen molar-refractivity contribution < 1.29 is 24.2 Å². The molecule has 1 aliphatic rings. The molecule has 0 fully saturated rings. The van der Waals surface area contributed by atoms with E-state index >= 15 is 0 Å². The van der Waals surface area contributed by atoms with E-state index in [0.717, 1.165) is 29.7 Å². The quantitative estimate of drug-likeness (QED) is 0.685. The average molecular weight is 384 g/mol. The Bertz CT molecular complexity index is 883. The van der Waals surface area contributed by atoms with Crippen molar-refractivity contribution in [2.45, 2.75) is 24.9 Å². The molecule has 0 heterocycles. The largest absolute Gasteiger partial charge is 0.497 e. The minimum Gasteiger partial charge on any atom is -0.497 e. The summed E-state index contributed by atoms with van der Waals surface area (Å²) in [4.78, 5) is 24.4. The highest BCUT2D eigenvalue weighted by atomic mass is 16.5. The summed E-state index contributed by atoms with van der Waals surface area (Å²) in [5, 5.41) is 16.1. The van der Waals surface area contributed by atoms with Gasteiger partial charge in [-0.05, 0) is 54.7 Å². The molecule has 1 unspecified atom stereocenters. The summed E-state index contributed by atoms with van der Waals surface area (Å²) in [7, 11) is 3.11. The molecule has 0 aromatic heterocycles. The number of amides is 2. The molecule has 0 saturated heterocycles. The molecule has 1 aliphatic carbocycles. The first kappa shape index (κ1) is 19.7. The van der Waals surface area contributed by atoms with E-state index in [0.29, 0.717) is 17.9 Å². The molecule has 0 aliphatic heterocycles. The van der Waals surface area contributed by atoms with Crippen LogP contribution in [-0.4, -0.2) is 37.7 Å². The second kappa shape index (κ2) is 8.31. The third-order valence-electron chi connectivity index (χ3n) is 4.93. The maximum Gasteiger partial charge on any atom is 0.313 e. The van der Waals surface area contributed by atoms with Crippen LogP contribution in [0.3, 0.4) is 0 Å². The Morgan fingerprint density at radius 1 is 1.07 bits per heavy atom. The van der Waals surface area contributed by atoms with Gasteiger partial charge in [-0.2, -0.15) is 0 Å². The zero-order chi connectivity index (χ0) is 20.1. The third-order valence-corrected chi connectivity index (χ3v) is 4.93. The van der Waals surface area contributed by atoms with E-state index in [2.05, 4.69) is 10.6 Å². The number of benzene rings is 2. The van der Waals surface area contributed by atoms with Gasteiger partial charge >= 0.3 is 11.8 Å². The van der Waals surface area contributed by atoms with Crippen LogP contribution in [0.2, 0.25) is 0 Å². The van der Waals surface area contributed by atoms with Gasteiger partial charge in [0, 0.05) is 11.8 Å². The molecule has 3 rings (SSSR count). The number of methoxy groups -OCH3 is 2. The molecule has 2 amide bonds. The van der Waals surface area contributed by atoms with Crippen LogP contribution < -0.4 is 20.1 Å². The van der Waals surface area contributed by atoms with Crippen molar-refractivity contribution in [3.8, 4) is 11.5 Å². The van der Waals surface area contributed by atoms with Crippen LogP contribution in [0.15, 0.2) is 42.5 Å². The first-order chi connectivity index (χ1) is 13.4. The lowest BCUT2D eigenvalue weighted by Crippen LogP contribution is -2.46. The Balaban J connectivity index is 1.65. The van der Waals surface area contributed by atoms with Crippen molar-refractivity contribution in [2.24, 2.45) is 0 Å². The van der Waals surface area contributed by atoms with Crippen molar-refractivity contribution >= 4 is 17.5 Å². The molecule has 0 saturated carbocycles. The molecule has 3 N–H and O–H groups in total. The standard InChI is InChI=1S/C21H24N2O5/c1-27-16-7-3-6-15(12-16)23-20(25)19(24)22-13-21(26)10-4-5-14-11-17(28-2)8-9-18(14)21/h3,6-9,11-12,26H,4-5,10,13H2,1-2H3,(H,22,24)(H,23,25). The zero-order valence-corrected chi connectivity index (χ0v) is 16.0. The van der Waals surface area contributed by atoms with E-state index in [9.17, 15) is 14.7 Å². The summed E-state index contributed by atoms with van der Waals surface area (Å²) in [6, 6.07) is 12.2. The van der Waals surface area contributed by atoms with Crippen LogP contribution in [-0.2, 0) is 21.6 Å². The molecule has 0 spiro atoms. The molecule has 148 valence electrons. The Kier molecular flexibility index (Phi) is 5.84. The number of hydrogen-bond acceptors (Lipinski definition) is 5. The fourth-order valence-corrected chi connectivity index (χ4v) is 3.44. The fourth-order valence-electron chi connectivity index (χ4n) is 3.44. The number of anilines is 1. The summed E-state index contributed by atoms with van der Waals surface area (Å²) in [5.74, 6) is -0.314. The second-order valence-corrected chi connectivity index (χ2v) is 6.78. The van der Waals surface area contributed by atoms with Crippen molar-refractivity contribution in [3.63, 3.8) is 0 Å². The van der Waals surface area contributed by atoms with Gasteiger partial charge in [0.25, 0.3) is 0 Å². The molecular formula is C21H24N2O5. The topological polar surface area (TPSA) is 96.9 Å². The minimum atomic E-state index is -1.22. The van der Waals surface area contributed by atoms with Gasteiger partial charge in [0.15, 0.2) is 0 Å². The Morgan fingerprint density at radius 3 is 2.57 bits per heavy atom. The number of rotatable bonds is 5. The predicted molar refractivity (Wildman–Crippen MR) is 104 cm³/mol. The molecule has 1 atom stereocenters. The number of nitrogens with one attached hydrogen (secondary N) is 2. The van der Waals surface area contributed by atoms with Gasteiger partial charge in [-0.25, -0.2) is 0 Å². The predicted octanol–water partition coefficient (Wildman–Crippen LogP) is 1.98. The van der Waals surface area contributed by atoms with Crippen LogP contribution in [0.4, 0.5) is 5.69 Å². The van der Waals surface area contributed by atoms with Crippen molar-refractivity contribution in [1.82, 2.24) is 5.32 Å². The lowest BCUT2D eigenvalue weighted by Gasteiger charge is -2.34. The highest BCUT2D eigenvalue weighted by Gasteiger charge is 2.35. The Morgan fingerprint density at radius 2 is 1.82 bits per heavy atom. The van der Waals surface area contributed by atoms with E-state index in [1.54, 1.807) is 37.4 Å². The van der Waals surface area contributed by atoms with Crippen LogP contribution in [0, 0.1) is 0 Å². The smallest absolute Gasteiger partial charge is 0.313 e. The van der Waals surface area contributed by atoms with Crippen LogP contribution in [0.1, 0.15) is 24.0 Å². The summed E-state index contributed by atoms with van der Waals surface area (Å²) in [6.07, 6.45) is 2.12. The number of carbonyl (C=O) groups is 2. The van der Waals surface area contributed by atoms with Gasteiger partial charge < -0.3 is 25.2 Å².